The molecule has 0 aliphatic rings. The van der Waals surface area contributed by atoms with Crippen molar-refractivity contribution in [2.24, 2.45) is 0 Å². The molecule has 0 aromatic rings. The Morgan fingerprint density at radius 1 is 1.56 bits per heavy atom. The molecule has 0 saturated carbocycles. The van der Waals surface area contributed by atoms with Crippen LogP contribution in [-0.4, -0.2) is 18.3 Å². The fourth-order valence-corrected chi connectivity index (χ4v) is 0.342. The summed E-state index contributed by atoms with van der Waals surface area (Å²) in [5.74, 6) is 2.76. The number of unbranched alkanes of at least 4 members (excludes halogenated alkanes) is 1. The minimum Gasteiger partial charge on any atom is -0.447 e. The first-order valence-corrected chi connectivity index (χ1v) is 3.12. The Bertz CT molecular complexity index is 99.2. The fraction of sp³-hybridized carbons (Fsp3) is 0.714. The minimum absolute atomic E-state index is 0.209. The normalized spacial score (nSPS) is 7.78. The van der Waals surface area contributed by atoms with Gasteiger partial charge >= 0.3 is 0 Å². The molecule has 0 radical (unpaired) electrons. The van der Waals surface area contributed by atoms with Gasteiger partial charge in [0.2, 0.25) is 0 Å². The summed E-state index contributed by atoms with van der Waals surface area (Å²) >= 11 is 0. The second kappa shape index (κ2) is 7.32. The smallest absolute Gasteiger partial charge is 0.110 e. The second-order valence-corrected chi connectivity index (χ2v) is 1.54. The number of rotatable bonds is 3. The first-order valence-electron chi connectivity index (χ1n) is 3.12. The first-order chi connectivity index (χ1) is 4.41. The van der Waals surface area contributed by atoms with E-state index in [1.54, 1.807) is 0 Å². The van der Waals surface area contributed by atoms with Gasteiger partial charge in [-0.15, -0.1) is 0 Å². The molecule has 2 nitrogen and oxygen atoms in total. The molecular weight excluding hydrogens is 116 g/mol. The Kier molecular flexibility index (Phi) is 6.77. The third kappa shape index (κ3) is 7.32. The highest BCUT2D eigenvalue weighted by molar-refractivity contribution is 4.90. The molecule has 0 aliphatic heterocycles. The van der Waals surface area contributed by atoms with Gasteiger partial charge in [0.25, 0.3) is 0 Å². The summed E-state index contributed by atoms with van der Waals surface area (Å²) in [6, 6.07) is 0. The van der Waals surface area contributed by atoms with Crippen LogP contribution in [0.1, 0.15) is 19.8 Å². The van der Waals surface area contributed by atoms with Crippen molar-refractivity contribution in [3.8, 4) is 12.0 Å². The van der Waals surface area contributed by atoms with Crippen LogP contribution in [0.5, 0.6) is 0 Å². The van der Waals surface area contributed by atoms with E-state index in [0.717, 1.165) is 12.8 Å². The van der Waals surface area contributed by atoms with Crippen LogP contribution in [0, 0.1) is 12.0 Å². The standard InChI is InChI=1S/C7H12O2/c1-2-9-7-5-3-4-6-8/h8H,2-4,6H2,1H3. The van der Waals surface area contributed by atoms with Crippen molar-refractivity contribution in [1.29, 1.82) is 0 Å². The molecule has 9 heavy (non-hydrogen) atoms. The molecule has 0 aromatic heterocycles. The van der Waals surface area contributed by atoms with Crippen molar-refractivity contribution in [3.63, 3.8) is 0 Å². The Morgan fingerprint density at radius 2 is 2.33 bits per heavy atom. The summed E-state index contributed by atoms with van der Waals surface area (Å²) in [7, 11) is 0. The van der Waals surface area contributed by atoms with Crippen LogP contribution in [0.25, 0.3) is 0 Å². The maximum Gasteiger partial charge on any atom is 0.110 e. The van der Waals surface area contributed by atoms with Crippen LogP contribution in [0.3, 0.4) is 0 Å². The monoisotopic (exact) mass is 128 g/mol. The quantitative estimate of drug-likeness (QED) is 0.449. The van der Waals surface area contributed by atoms with Gasteiger partial charge in [-0.2, -0.15) is 0 Å². The van der Waals surface area contributed by atoms with Crippen molar-refractivity contribution in [1.82, 2.24) is 0 Å². The predicted molar refractivity (Wildman–Crippen MR) is 35.7 cm³/mol. The van der Waals surface area contributed by atoms with Crippen LogP contribution < -0.4 is 0 Å². The summed E-state index contributed by atoms with van der Waals surface area (Å²) in [6.45, 7) is 2.73. The van der Waals surface area contributed by atoms with Crippen LogP contribution in [0.4, 0.5) is 0 Å². The molecule has 1 N–H and O–H groups in total. The zero-order chi connectivity index (χ0) is 6.95. The average molecular weight is 128 g/mol. The zero-order valence-electron chi connectivity index (χ0n) is 5.68. The molecule has 0 bridgehead atoms. The lowest BCUT2D eigenvalue weighted by molar-refractivity contribution is 0.288. The second-order valence-electron chi connectivity index (χ2n) is 1.54. The Labute approximate surface area is 55.8 Å². The molecule has 0 saturated heterocycles. The maximum absolute atomic E-state index is 8.31. The highest BCUT2D eigenvalue weighted by Gasteiger charge is 1.76. The van der Waals surface area contributed by atoms with Crippen LogP contribution in [0.15, 0.2) is 0 Å². The van der Waals surface area contributed by atoms with Gasteiger partial charge in [0.15, 0.2) is 0 Å². The van der Waals surface area contributed by atoms with Crippen molar-refractivity contribution in [2.45, 2.75) is 19.8 Å². The lowest BCUT2D eigenvalue weighted by Gasteiger charge is -1.85. The number of aliphatic hydroxyl groups is 1. The molecule has 0 aliphatic carbocycles. The topological polar surface area (TPSA) is 29.5 Å². The Morgan fingerprint density at radius 3 is 2.89 bits per heavy atom. The Balaban J connectivity index is 2.96. The SMILES string of the molecule is CCOC#CCCCO. The largest absolute Gasteiger partial charge is 0.447 e. The molecular formula is C7H12O2. The summed E-state index contributed by atoms with van der Waals surface area (Å²) in [4.78, 5) is 0. The van der Waals surface area contributed by atoms with E-state index in [4.69, 9.17) is 9.84 Å². The van der Waals surface area contributed by atoms with Gasteiger partial charge in [0.05, 0.1) is 6.61 Å². The first kappa shape index (κ1) is 8.32. The van der Waals surface area contributed by atoms with Gasteiger partial charge in [-0.3, -0.25) is 0 Å². The van der Waals surface area contributed by atoms with Gasteiger partial charge in [-0.25, -0.2) is 0 Å². The molecule has 0 rings (SSSR count). The predicted octanol–water partition coefficient (Wildman–Crippen LogP) is 0.756. The number of ether oxygens (including phenoxy) is 1. The van der Waals surface area contributed by atoms with Gasteiger partial charge in [0.1, 0.15) is 6.11 Å². The molecule has 0 amide bonds. The highest BCUT2D eigenvalue weighted by atomic mass is 16.5. The molecule has 0 fully saturated rings. The number of hydrogen-bond donors (Lipinski definition) is 1. The van der Waals surface area contributed by atoms with E-state index < -0.39 is 0 Å². The lowest BCUT2D eigenvalue weighted by Crippen LogP contribution is -1.80. The lowest BCUT2D eigenvalue weighted by atomic mass is 10.3. The fourth-order valence-electron chi connectivity index (χ4n) is 0.342. The third-order valence-electron chi connectivity index (χ3n) is 0.749. The van der Waals surface area contributed by atoms with E-state index in [0.29, 0.717) is 6.61 Å². The average Bonchev–Trinajstić information content (AvgIpc) is 1.89. The van der Waals surface area contributed by atoms with E-state index >= 15 is 0 Å². The molecule has 52 valence electrons. The summed E-state index contributed by atoms with van der Waals surface area (Å²) in [5.41, 5.74) is 0. The van der Waals surface area contributed by atoms with Crippen LogP contribution in [-0.2, 0) is 4.74 Å². The number of aliphatic hydroxyl groups excluding tert-OH is 1. The minimum atomic E-state index is 0.209. The Hall–Kier alpha value is -0.680. The van der Waals surface area contributed by atoms with Crippen molar-refractivity contribution >= 4 is 0 Å². The van der Waals surface area contributed by atoms with E-state index in [2.05, 4.69) is 12.0 Å². The van der Waals surface area contributed by atoms with E-state index in [9.17, 15) is 0 Å². The summed E-state index contributed by atoms with van der Waals surface area (Å²) < 4.78 is 4.74. The summed E-state index contributed by atoms with van der Waals surface area (Å²) in [5, 5.41) is 8.31. The van der Waals surface area contributed by atoms with Gasteiger partial charge < -0.3 is 9.84 Å². The van der Waals surface area contributed by atoms with Gasteiger partial charge in [-0.1, -0.05) is 5.92 Å². The maximum atomic E-state index is 8.31. The molecule has 0 unspecified atom stereocenters. The number of hydrogen-bond acceptors (Lipinski definition) is 2. The molecule has 0 spiro atoms. The van der Waals surface area contributed by atoms with Crippen molar-refractivity contribution < 1.29 is 9.84 Å². The van der Waals surface area contributed by atoms with E-state index in [1.165, 1.54) is 0 Å². The molecule has 2 heteroatoms. The van der Waals surface area contributed by atoms with Crippen LogP contribution >= 0.6 is 0 Å². The van der Waals surface area contributed by atoms with Crippen molar-refractivity contribution in [3.05, 3.63) is 0 Å². The van der Waals surface area contributed by atoms with Crippen molar-refractivity contribution in [2.75, 3.05) is 13.2 Å². The molecule has 0 heterocycles. The molecule has 0 aromatic carbocycles. The van der Waals surface area contributed by atoms with Gasteiger partial charge in [0, 0.05) is 13.0 Å². The zero-order valence-corrected chi connectivity index (χ0v) is 5.68. The van der Waals surface area contributed by atoms with Gasteiger partial charge in [-0.05, 0) is 13.3 Å². The molecule has 0 atom stereocenters. The highest BCUT2D eigenvalue weighted by Crippen LogP contribution is 1.82. The third-order valence-corrected chi connectivity index (χ3v) is 0.749. The van der Waals surface area contributed by atoms with Crippen LogP contribution in [0.2, 0.25) is 0 Å². The van der Waals surface area contributed by atoms with E-state index in [1.807, 2.05) is 6.92 Å². The van der Waals surface area contributed by atoms with E-state index in [-0.39, 0.29) is 6.61 Å². The summed E-state index contributed by atoms with van der Waals surface area (Å²) in [6.07, 6.45) is 3.96.